The fourth-order valence-electron chi connectivity index (χ4n) is 3.11. The standard InChI is InChI=1S/C22H21BrN4O3S/c23-17-5-1-16(2-6-17)21(29)24-18-7-3-15(4-8-18)19-14-31-22(25-19)26-20(28)13-27-9-11-30-12-10-27/h1-8,14H,9-13H2,(H,24,29)(H,25,26,28). The summed E-state index contributed by atoms with van der Waals surface area (Å²) >= 11 is 4.75. The third kappa shape index (κ3) is 5.98. The molecule has 0 unspecified atom stereocenters. The molecule has 2 N–H and O–H groups in total. The van der Waals surface area contributed by atoms with Crippen molar-refractivity contribution in [1.29, 1.82) is 0 Å². The SMILES string of the molecule is O=C(CN1CCOCC1)Nc1nc(-c2ccc(NC(=O)c3ccc(Br)cc3)cc2)cs1. The molecule has 0 bridgehead atoms. The van der Waals surface area contributed by atoms with Crippen LogP contribution in [0.2, 0.25) is 0 Å². The lowest BCUT2D eigenvalue weighted by Gasteiger charge is -2.25. The first kappa shape index (κ1) is 21.6. The Morgan fingerprint density at radius 2 is 1.74 bits per heavy atom. The number of carbonyl (C=O) groups excluding carboxylic acids is 2. The topological polar surface area (TPSA) is 83.6 Å². The Balaban J connectivity index is 1.33. The molecule has 160 valence electrons. The number of aromatic nitrogens is 1. The van der Waals surface area contributed by atoms with Gasteiger partial charge in [-0.15, -0.1) is 11.3 Å². The quantitative estimate of drug-likeness (QED) is 0.532. The maximum Gasteiger partial charge on any atom is 0.255 e. The van der Waals surface area contributed by atoms with Gasteiger partial charge in [-0.05, 0) is 36.4 Å². The van der Waals surface area contributed by atoms with Crippen LogP contribution >= 0.6 is 27.3 Å². The highest BCUT2D eigenvalue weighted by molar-refractivity contribution is 9.10. The number of benzene rings is 2. The number of nitrogens with one attached hydrogen (secondary N) is 2. The van der Waals surface area contributed by atoms with Gasteiger partial charge in [-0.25, -0.2) is 4.98 Å². The van der Waals surface area contributed by atoms with Gasteiger partial charge >= 0.3 is 0 Å². The van der Waals surface area contributed by atoms with Crippen LogP contribution in [0.4, 0.5) is 10.8 Å². The van der Waals surface area contributed by atoms with Crippen LogP contribution < -0.4 is 10.6 Å². The maximum atomic E-state index is 12.3. The van der Waals surface area contributed by atoms with Crippen molar-refractivity contribution in [2.75, 3.05) is 43.5 Å². The van der Waals surface area contributed by atoms with Crippen LogP contribution in [0.25, 0.3) is 11.3 Å². The van der Waals surface area contributed by atoms with Gasteiger partial charge < -0.3 is 15.4 Å². The minimum absolute atomic E-state index is 0.0752. The molecule has 1 aromatic heterocycles. The first-order valence-electron chi connectivity index (χ1n) is 9.80. The summed E-state index contributed by atoms with van der Waals surface area (Å²) in [5, 5.41) is 8.22. The molecule has 1 aliphatic rings. The first-order chi connectivity index (χ1) is 15.1. The minimum atomic E-state index is -0.167. The van der Waals surface area contributed by atoms with Gasteiger partial charge in [-0.3, -0.25) is 14.5 Å². The number of thiazole rings is 1. The molecule has 2 heterocycles. The monoisotopic (exact) mass is 500 g/mol. The van der Waals surface area contributed by atoms with Crippen molar-refractivity contribution in [2.24, 2.45) is 0 Å². The minimum Gasteiger partial charge on any atom is -0.379 e. The molecule has 1 saturated heterocycles. The Labute approximate surface area is 192 Å². The number of hydrogen-bond acceptors (Lipinski definition) is 6. The van der Waals surface area contributed by atoms with Gasteiger partial charge in [0.25, 0.3) is 5.91 Å². The van der Waals surface area contributed by atoms with Crippen LogP contribution in [0.15, 0.2) is 58.4 Å². The van der Waals surface area contributed by atoms with E-state index < -0.39 is 0 Å². The van der Waals surface area contributed by atoms with E-state index in [0.29, 0.717) is 36.1 Å². The number of ether oxygens (including phenoxy) is 1. The molecule has 0 aliphatic carbocycles. The Kier molecular flexibility index (Phi) is 7.08. The van der Waals surface area contributed by atoms with Gasteiger partial charge in [-0.2, -0.15) is 0 Å². The second kappa shape index (κ2) is 10.1. The fraction of sp³-hybridized carbons (Fsp3) is 0.227. The second-order valence-corrected chi connectivity index (χ2v) is 8.79. The van der Waals surface area contributed by atoms with Crippen molar-refractivity contribution in [3.8, 4) is 11.3 Å². The molecule has 31 heavy (non-hydrogen) atoms. The highest BCUT2D eigenvalue weighted by Crippen LogP contribution is 2.26. The van der Waals surface area contributed by atoms with Crippen molar-refractivity contribution in [3.63, 3.8) is 0 Å². The highest BCUT2D eigenvalue weighted by Gasteiger charge is 2.15. The molecule has 2 amide bonds. The second-order valence-electron chi connectivity index (χ2n) is 7.01. The van der Waals surface area contributed by atoms with E-state index in [4.69, 9.17) is 4.74 Å². The molecule has 4 rings (SSSR count). The van der Waals surface area contributed by atoms with Crippen molar-refractivity contribution < 1.29 is 14.3 Å². The lowest BCUT2D eigenvalue weighted by Crippen LogP contribution is -2.41. The Bertz CT molecular complexity index is 1050. The van der Waals surface area contributed by atoms with E-state index in [-0.39, 0.29) is 11.8 Å². The van der Waals surface area contributed by atoms with Gasteiger partial charge in [0.1, 0.15) is 0 Å². The Morgan fingerprint density at radius 3 is 2.45 bits per heavy atom. The summed E-state index contributed by atoms with van der Waals surface area (Å²) < 4.78 is 6.22. The predicted octanol–water partition coefficient (Wildman–Crippen LogP) is 4.10. The zero-order valence-corrected chi connectivity index (χ0v) is 19.0. The number of rotatable bonds is 6. The molecule has 1 aliphatic heterocycles. The molecule has 7 nitrogen and oxygen atoms in total. The maximum absolute atomic E-state index is 12.3. The van der Waals surface area contributed by atoms with E-state index >= 15 is 0 Å². The molecule has 0 saturated carbocycles. The van der Waals surface area contributed by atoms with Crippen molar-refractivity contribution in [1.82, 2.24) is 9.88 Å². The summed E-state index contributed by atoms with van der Waals surface area (Å²) in [4.78, 5) is 31.2. The number of nitrogens with zero attached hydrogens (tertiary/aromatic N) is 2. The lowest BCUT2D eigenvalue weighted by atomic mass is 10.1. The number of hydrogen-bond donors (Lipinski definition) is 2. The predicted molar refractivity (Wildman–Crippen MR) is 126 cm³/mol. The van der Waals surface area contributed by atoms with Crippen LogP contribution in [-0.2, 0) is 9.53 Å². The van der Waals surface area contributed by atoms with E-state index in [0.717, 1.165) is 28.8 Å². The van der Waals surface area contributed by atoms with Gasteiger partial charge in [0.05, 0.1) is 25.5 Å². The number of anilines is 2. The number of morpholine rings is 1. The molecule has 1 fully saturated rings. The largest absolute Gasteiger partial charge is 0.379 e. The van der Waals surface area contributed by atoms with E-state index in [9.17, 15) is 9.59 Å². The van der Waals surface area contributed by atoms with E-state index in [1.165, 1.54) is 11.3 Å². The van der Waals surface area contributed by atoms with Crippen LogP contribution in [-0.4, -0.2) is 54.5 Å². The van der Waals surface area contributed by atoms with Crippen LogP contribution in [0, 0.1) is 0 Å². The van der Waals surface area contributed by atoms with Gasteiger partial charge in [0, 0.05) is 39.8 Å². The fourth-order valence-corrected chi connectivity index (χ4v) is 4.11. The molecule has 2 aromatic carbocycles. The molecule has 3 aromatic rings. The van der Waals surface area contributed by atoms with Crippen LogP contribution in [0.1, 0.15) is 10.4 Å². The van der Waals surface area contributed by atoms with Gasteiger partial charge in [-0.1, -0.05) is 28.1 Å². The summed E-state index contributed by atoms with van der Waals surface area (Å²) in [6.45, 7) is 3.19. The number of amides is 2. The average molecular weight is 501 g/mol. The average Bonchev–Trinajstić information content (AvgIpc) is 3.23. The smallest absolute Gasteiger partial charge is 0.255 e. The Hall–Kier alpha value is -2.59. The molecule has 0 radical (unpaired) electrons. The van der Waals surface area contributed by atoms with Crippen molar-refractivity contribution in [2.45, 2.75) is 0 Å². The molecule has 0 spiro atoms. The highest BCUT2D eigenvalue weighted by atomic mass is 79.9. The van der Waals surface area contributed by atoms with Crippen LogP contribution in [0.3, 0.4) is 0 Å². The van der Waals surface area contributed by atoms with Crippen molar-refractivity contribution in [3.05, 3.63) is 63.9 Å². The molecular weight excluding hydrogens is 480 g/mol. The molecular formula is C22H21BrN4O3S. The molecule has 9 heteroatoms. The third-order valence-electron chi connectivity index (χ3n) is 4.77. The third-order valence-corrected chi connectivity index (χ3v) is 6.05. The molecule has 0 atom stereocenters. The normalized spacial score (nSPS) is 14.2. The van der Waals surface area contributed by atoms with E-state index in [2.05, 4.69) is 36.4 Å². The Morgan fingerprint density at radius 1 is 1.03 bits per heavy atom. The zero-order valence-electron chi connectivity index (χ0n) is 16.6. The first-order valence-corrected chi connectivity index (χ1v) is 11.5. The van der Waals surface area contributed by atoms with Gasteiger partial charge in [0.2, 0.25) is 5.91 Å². The summed E-state index contributed by atoms with van der Waals surface area (Å²) in [5.74, 6) is -0.243. The van der Waals surface area contributed by atoms with Gasteiger partial charge in [0.15, 0.2) is 5.13 Å². The van der Waals surface area contributed by atoms with E-state index in [1.807, 2.05) is 41.8 Å². The van der Waals surface area contributed by atoms with Crippen LogP contribution in [0.5, 0.6) is 0 Å². The summed E-state index contributed by atoms with van der Waals surface area (Å²) in [6, 6.07) is 14.6. The lowest BCUT2D eigenvalue weighted by molar-refractivity contribution is -0.118. The zero-order chi connectivity index (χ0) is 21.6. The summed E-state index contributed by atoms with van der Waals surface area (Å²) in [5.41, 5.74) is 2.97. The number of halogens is 1. The summed E-state index contributed by atoms with van der Waals surface area (Å²) in [6.07, 6.45) is 0. The van der Waals surface area contributed by atoms with Crippen molar-refractivity contribution >= 4 is 49.9 Å². The van der Waals surface area contributed by atoms with E-state index in [1.54, 1.807) is 12.1 Å². The number of carbonyl (C=O) groups is 2. The summed E-state index contributed by atoms with van der Waals surface area (Å²) in [7, 11) is 0.